The van der Waals surface area contributed by atoms with E-state index in [9.17, 15) is 4.79 Å². The lowest BCUT2D eigenvalue weighted by Crippen LogP contribution is -2.17. The summed E-state index contributed by atoms with van der Waals surface area (Å²) in [6.07, 6.45) is 3.35. The standard InChI is InChI=1S/C24H18BrN3O2/c25-21-8-2-1-5-20(21)15-27-28-24(29)19-12-10-17(11-13-19)16-30-22-9-3-6-18-7-4-14-26-23(18)22/h1-15H,16H2,(H,28,29)/b27-15+. The minimum atomic E-state index is -0.274. The maximum absolute atomic E-state index is 12.3. The van der Waals surface area contributed by atoms with E-state index in [4.69, 9.17) is 4.74 Å². The molecule has 0 saturated carbocycles. The number of halogens is 1. The molecule has 0 saturated heterocycles. The van der Waals surface area contributed by atoms with Crippen LogP contribution in [0.2, 0.25) is 0 Å². The van der Waals surface area contributed by atoms with Crippen molar-refractivity contribution in [3.8, 4) is 5.75 Å². The summed E-state index contributed by atoms with van der Waals surface area (Å²) in [6, 6.07) is 24.6. The van der Waals surface area contributed by atoms with Crippen LogP contribution >= 0.6 is 15.9 Å². The molecule has 30 heavy (non-hydrogen) atoms. The molecule has 3 aromatic carbocycles. The number of para-hydroxylation sites is 1. The van der Waals surface area contributed by atoms with Crippen molar-refractivity contribution in [1.29, 1.82) is 0 Å². The Kier molecular flexibility index (Phi) is 6.15. The number of pyridine rings is 1. The minimum absolute atomic E-state index is 0.274. The molecule has 0 atom stereocenters. The van der Waals surface area contributed by atoms with Crippen LogP contribution in [0, 0.1) is 0 Å². The number of hydrogen-bond donors (Lipinski definition) is 1. The van der Waals surface area contributed by atoms with E-state index in [1.165, 1.54) is 0 Å². The van der Waals surface area contributed by atoms with Crippen molar-refractivity contribution in [2.45, 2.75) is 6.61 Å². The van der Waals surface area contributed by atoms with Crippen LogP contribution in [-0.4, -0.2) is 17.1 Å². The van der Waals surface area contributed by atoms with E-state index in [1.807, 2.05) is 66.7 Å². The highest BCUT2D eigenvalue weighted by molar-refractivity contribution is 9.10. The molecule has 1 amide bonds. The zero-order chi connectivity index (χ0) is 20.8. The fraction of sp³-hybridized carbons (Fsp3) is 0.0417. The number of amides is 1. The van der Waals surface area contributed by atoms with Crippen LogP contribution in [-0.2, 0) is 6.61 Å². The first-order chi connectivity index (χ1) is 14.7. The molecular weight excluding hydrogens is 442 g/mol. The van der Waals surface area contributed by atoms with Crippen molar-refractivity contribution >= 4 is 39.0 Å². The van der Waals surface area contributed by atoms with Gasteiger partial charge in [-0.25, -0.2) is 5.43 Å². The van der Waals surface area contributed by atoms with Crippen LogP contribution in [0.15, 0.2) is 94.6 Å². The molecule has 0 unspecified atom stereocenters. The van der Waals surface area contributed by atoms with Gasteiger partial charge in [-0.2, -0.15) is 5.10 Å². The summed E-state index contributed by atoms with van der Waals surface area (Å²) >= 11 is 3.44. The van der Waals surface area contributed by atoms with Gasteiger partial charge in [0.1, 0.15) is 17.9 Å². The van der Waals surface area contributed by atoms with Crippen molar-refractivity contribution in [2.24, 2.45) is 5.10 Å². The van der Waals surface area contributed by atoms with Crippen molar-refractivity contribution in [3.05, 3.63) is 106 Å². The molecule has 0 bridgehead atoms. The van der Waals surface area contributed by atoms with Crippen LogP contribution in [0.25, 0.3) is 10.9 Å². The van der Waals surface area contributed by atoms with Gasteiger partial charge in [-0.15, -0.1) is 0 Å². The lowest BCUT2D eigenvalue weighted by atomic mass is 10.1. The van der Waals surface area contributed by atoms with E-state index >= 15 is 0 Å². The Hall–Kier alpha value is -3.51. The average molecular weight is 460 g/mol. The summed E-state index contributed by atoms with van der Waals surface area (Å²) in [4.78, 5) is 16.7. The van der Waals surface area contributed by atoms with Crippen LogP contribution in [0.5, 0.6) is 5.75 Å². The minimum Gasteiger partial charge on any atom is -0.487 e. The maximum Gasteiger partial charge on any atom is 0.271 e. The fourth-order valence-electron chi connectivity index (χ4n) is 2.91. The van der Waals surface area contributed by atoms with Crippen molar-refractivity contribution < 1.29 is 9.53 Å². The summed E-state index contributed by atoms with van der Waals surface area (Å²) in [6.45, 7) is 0.387. The highest BCUT2D eigenvalue weighted by atomic mass is 79.9. The number of rotatable bonds is 6. The second-order valence-electron chi connectivity index (χ2n) is 6.54. The average Bonchev–Trinajstić information content (AvgIpc) is 2.79. The third kappa shape index (κ3) is 4.72. The van der Waals surface area contributed by atoms with E-state index in [0.717, 1.165) is 32.3 Å². The number of ether oxygens (including phenoxy) is 1. The van der Waals surface area contributed by atoms with Crippen LogP contribution in [0.4, 0.5) is 0 Å². The molecule has 6 heteroatoms. The van der Waals surface area contributed by atoms with Gasteiger partial charge < -0.3 is 4.74 Å². The number of hydrazone groups is 1. The number of nitrogens with zero attached hydrogens (tertiary/aromatic N) is 2. The fourth-order valence-corrected chi connectivity index (χ4v) is 3.30. The molecule has 4 rings (SSSR count). The second kappa shape index (κ2) is 9.33. The van der Waals surface area contributed by atoms with Crippen molar-refractivity contribution in [3.63, 3.8) is 0 Å². The molecule has 0 aliphatic heterocycles. The number of carbonyl (C=O) groups is 1. The Labute approximate surface area is 182 Å². The smallest absolute Gasteiger partial charge is 0.271 e. The Morgan fingerprint density at radius 3 is 2.63 bits per heavy atom. The number of nitrogens with one attached hydrogen (secondary N) is 1. The van der Waals surface area contributed by atoms with Gasteiger partial charge in [-0.3, -0.25) is 9.78 Å². The quantitative estimate of drug-likeness (QED) is 0.312. The molecule has 1 N–H and O–H groups in total. The molecule has 1 aromatic heterocycles. The molecule has 5 nitrogen and oxygen atoms in total. The Morgan fingerprint density at radius 1 is 1.00 bits per heavy atom. The van der Waals surface area contributed by atoms with E-state index < -0.39 is 0 Å². The van der Waals surface area contributed by atoms with Gasteiger partial charge in [0.05, 0.1) is 6.21 Å². The predicted molar refractivity (Wildman–Crippen MR) is 122 cm³/mol. The van der Waals surface area contributed by atoms with Crippen LogP contribution < -0.4 is 10.2 Å². The first-order valence-electron chi connectivity index (χ1n) is 9.34. The normalized spacial score (nSPS) is 11.0. The summed E-state index contributed by atoms with van der Waals surface area (Å²) in [7, 11) is 0. The monoisotopic (exact) mass is 459 g/mol. The lowest BCUT2D eigenvalue weighted by Gasteiger charge is -2.09. The molecule has 0 spiro atoms. The first-order valence-corrected chi connectivity index (χ1v) is 10.1. The molecular formula is C24H18BrN3O2. The summed E-state index contributed by atoms with van der Waals surface area (Å²) in [5.41, 5.74) is 5.74. The van der Waals surface area contributed by atoms with Gasteiger partial charge in [0, 0.05) is 27.2 Å². The highest BCUT2D eigenvalue weighted by Gasteiger charge is 2.06. The molecule has 0 fully saturated rings. The summed E-state index contributed by atoms with van der Waals surface area (Å²) in [5, 5.41) is 5.05. The number of hydrogen-bond acceptors (Lipinski definition) is 4. The van der Waals surface area contributed by atoms with Gasteiger partial charge in [0.2, 0.25) is 0 Å². The van der Waals surface area contributed by atoms with Gasteiger partial charge in [-0.05, 0) is 35.9 Å². The van der Waals surface area contributed by atoms with E-state index in [-0.39, 0.29) is 5.91 Å². The Morgan fingerprint density at radius 2 is 1.80 bits per heavy atom. The first kappa shape index (κ1) is 19.8. The molecule has 0 aliphatic rings. The van der Waals surface area contributed by atoms with Crippen LogP contribution in [0.1, 0.15) is 21.5 Å². The van der Waals surface area contributed by atoms with Gasteiger partial charge >= 0.3 is 0 Å². The highest BCUT2D eigenvalue weighted by Crippen LogP contribution is 2.24. The zero-order valence-corrected chi connectivity index (χ0v) is 17.5. The van der Waals surface area contributed by atoms with E-state index in [1.54, 1.807) is 24.5 Å². The molecule has 0 aliphatic carbocycles. The number of benzene rings is 3. The second-order valence-corrected chi connectivity index (χ2v) is 7.39. The number of fused-ring (bicyclic) bond motifs is 1. The zero-order valence-electron chi connectivity index (χ0n) is 16.0. The van der Waals surface area contributed by atoms with E-state index in [2.05, 4.69) is 31.4 Å². The van der Waals surface area contributed by atoms with Crippen molar-refractivity contribution in [2.75, 3.05) is 0 Å². The predicted octanol–water partition coefficient (Wildman–Crippen LogP) is 5.34. The Bertz CT molecular complexity index is 1200. The maximum atomic E-state index is 12.3. The molecule has 1 heterocycles. The number of aromatic nitrogens is 1. The Balaban J connectivity index is 1.36. The number of carbonyl (C=O) groups excluding carboxylic acids is 1. The summed E-state index contributed by atoms with van der Waals surface area (Å²) in [5.74, 6) is 0.459. The third-order valence-corrected chi connectivity index (χ3v) is 5.20. The third-order valence-electron chi connectivity index (χ3n) is 4.48. The lowest BCUT2D eigenvalue weighted by molar-refractivity contribution is 0.0955. The SMILES string of the molecule is O=C(N/N=C/c1ccccc1Br)c1ccc(COc2cccc3cccnc23)cc1. The van der Waals surface area contributed by atoms with Crippen LogP contribution in [0.3, 0.4) is 0 Å². The molecule has 148 valence electrons. The van der Waals surface area contributed by atoms with Gasteiger partial charge in [-0.1, -0.05) is 64.5 Å². The van der Waals surface area contributed by atoms with E-state index in [0.29, 0.717) is 12.2 Å². The summed E-state index contributed by atoms with van der Waals surface area (Å²) < 4.78 is 6.85. The molecule has 4 aromatic rings. The molecule has 0 radical (unpaired) electrons. The topological polar surface area (TPSA) is 63.6 Å². The largest absolute Gasteiger partial charge is 0.487 e. The van der Waals surface area contributed by atoms with Gasteiger partial charge in [0.25, 0.3) is 5.91 Å². The van der Waals surface area contributed by atoms with Gasteiger partial charge in [0.15, 0.2) is 0 Å². The van der Waals surface area contributed by atoms with Crippen molar-refractivity contribution in [1.82, 2.24) is 10.4 Å².